The van der Waals surface area contributed by atoms with Gasteiger partial charge in [-0.05, 0) is 91.6 Å². The minimum atomic E-state index is -4.48. The summed E-state index contributed by atoms with van der Waals surface area (Å²) >= 11 is 0. The van der Waals surface area contributed by atoms with Crippen LogP contribution in [-0.4, -0.2) is 41.2 Å². The number of nitrogens with zero attached hydrogens (tertiary/aromatic N) is 3. The van der Waals surface area contributed by atoms with Crippen molar-refractivity contribution in [1.29, 1.82) is 0 Å². The van der Waals surface area contributed by atoms with Crippen molar-refractivity contribution in [2.75, 3.05) is 11.9 Å². The number of pyridine rings is 2. The van der Waals surface area contributed by atoms with E-state index < -0.39 is 39.5 Å². The highest BCUT2D eigenvalue weighted by Crippen LogP contribution is 2.32. The molecule has 13 heteroatoms. The van der Waals surface area contributed by atoms with Gasteiger partial charge < -0.3 is 10.6 Å². The molecule has 2 atom stereocenters. The highest BCUT2D eigenvalue weighted by molar-refractivity contribution is 7.89. The first kappa shape index (κ1) is 31.1. The summed E-state index contributed by atoms with van der Waals surface area (Å²) in [6, 6.07) is 15.0. The molecule has 4 aromatic rings. The van der Waals surface area contributed by atoms with E-state index >= 15 is 0 Å². The Balaban J connectivity index is 1.38. The SMILES string of the molecule is CC(Nc1cc(CNC(=O)[C@@H]2CCCN2S(=O)(=O)c2ccc(F)cc2)cc(-c2ccc(C(F)(F)F)cc2)n1)c1ccncc1. The summed E-state index contributed by atoms with van der Waals surface area (Å²) in [7, 11) is -4.03. The van der Waals surface area contributed by atoms with Gasteiger partial charge in [0.05, 0.1) is 22.2 Å². The average molecular weight is 628 g/mol. The zero-order chi connectivity index (χ0) is 31.5. The number of carbonyl (C=O) groups is 1. The lowest BCUT2D eigenvalue weighted by atomic mass is 10.1. The number of halogens is 4. The fourth-order valence-corrected chi connectivity index (χ4v) is 6.69. The van der Waals surface area contributed by atoms with Crippen molar-refractivity contribution in [3.05, 3.63) is 108 Å². The highest BCUT2D eigenvalue weighted by atomic mass is 32.2. The fourth-order valence-electron chi connectivity index (χ4n) is 5.04. The van der Waals surface area contributed by atoms with E-state index in [-0.39, 0.29) is 24.0 Å². The van der Waals surface area contributed by atoms with Gasteiger partial charge in [0, 0.05) is 31.0 Å². The zero-order valence-corrected chi connectivity index (χ0v) is 24.4. The van der Waals surface area contributed by atoms with E-state index in [1.165, 1.54) is 24.3 Å². The van der Waals surface area contributed by atoms with Crippen LogP contribution in [0.1, 0.15) is 42.5 Å². The van der Waals surface area contributed by atoms with Crippen molar-refractivity contribution in [2.45, 2.75) is 49.5 Å². The number of hydrogen-bond acceptors (Lipinski definition) is 6. The smallest absolute Gasteiger partial charge is 0.364 e. The van der Waals surface area contributed by atoms with E-state index in [9.17, 15) is 30.8 Å². The summed E-state index contributed by atoms with van der Waals surface area (Å²) < 4.78 is 80.4. The molecular weight excluding hydrogens is 598 g/mol. The van der Waals surface area contributed by atoms with Gasteiger partial charge in [0.2, 0.25) is 15.9 Å². The van der Waals surface area contributed by atoms with Gasteiger partial charge in [0.1, 0.15) is 17.7 Å². The molecule has 44 heavy (non-hydrogen) atoms. The Labute approximate surface area is 252 Å². The quantitative estimate of drug-likeness (QED) is 0.223. The van der Waals surface area contributed by atoms with Crippen molar-refractivity contribution in [3.63, 3.8) is 0 Å². The second-order valence-corrected chi connectivity index (χ2v) is 12.3. The maximum Gasteiger partial charge on any atom is 0.416 e. The molecule has 2 aromatic carbocycles. The van der Waals surface area contributed by atoms with Gasteiger partial charge in [-0.2, -0.15) is 17.5 Å². The Hall–Kier alpha value is -4.36. The number of amides is 1. The van der Waals surface area contributed by atoms with E-state index in [1.54, 1.807) is 24.5 Å². The molecular formula is C31H29F4N5O3S. The molecule has 2 aromatic heterocycles. The van der Waals surface area contributed by atoms with Crippen LogP contribution < -0.4 is 10.6 Å². The first-order valence-electron chi connectivity index (χ1n) is 13.8. The van der Waals surface area contributed by atoms with Crippen LogP contribution in [0, 0.1) is 5.82 Å². The third kappa shape index (κ3) is 7.05. The minimum Gasteiger partial charge on any atom is -0.364 e. The Morgan fingerprint density at radius 2 is 1.70 bits per heavy atom. The summed E-state index contributed by atoms with van der Waals surface area (Å²) in [6.07, 6.45) is -0.377. The number of carbonyl (C=O) groups excluding carboxylic acids is 1. The largest absolute Gasteiger partial charge is 0.416 e. The van der Waals surface area contributed by atoms with Gasteiger partial charge >= 0.3 is 6.18 Å². The van der Waals surface area contributed by atoms with Gasteiger partial charge in [-0.15, -0.1) is 0 Å². The number of rotatable bonds is 9. The van der Waals surface area contributed by atoms with Crippen molar-refractivity contribution in [2.24, 2.45) is 0 Å². The van der Waals surface area contributed by atoms with Crippen LogP contribution in [0.5, 0.6) is 0 Å². The topological polar surface area (TPSA) is 104 Å². The molecule has 2 N–H and O–H groups in total. The fraction of sp³-hybridized carbons (Fsp3) is 0.258. The Morgan fingerprint density at radius 3 is 2.36 bits per heavy atom. The van der Waals surface area contributed by atoms with Crippen LogP contribution in [0.2, 0.25) is 0 Å². The monoisotopic (exact) mass is 627 g/mol. The van der Waals surface area contributed by atoms with E-state index in [1.807, 2.05) is 19.1 Å². The second-order valence-electron chi connectivity index (χ2n) is 10.4. The highest BCUT2D eigenvalue weighted by Gasteiger charge is 2.39. The van der Waals surface area contributed by atoms with Crippen LogP contribution in [0.4, 0.5) is 23.4 Å². The van der Waals surface area contributed by atoms with E-state index in [0.717, 1.165) is 34.1 Å². The van der Waals surface area contributed by atoms with Gasteiger partial charge in [-0.1, -0.05) is 12.1 Å². The van der Waals surface area contributed by atoms with Crippen LogP contribution in [-0.2, 0) is 27.5 Å². The molecule has 1 aliphatic rings. The lowest BCUT2D eigenvalue weighted by molar-refractivity contribution is -0.137. The number of benzene rings is 2. The molecule has 0 bridgehead atoms. The van der Waals surface area contributed by atoms with Gasteiger partial charge in [-0.3, -0.25) is 9.78 Å². The van der Waals surface area contributed by atoms with E-state index in [0.29, 0.717) is 35.5 Å². The van der Waals surface area contributed by atoms with Crippen molar-refractivity contribution in [1.82, 2.24) is 19.6 Å². The molecule has 8 nitrogen and oxygen atoms in total. The van der Waals surface area contributed by atoms with Gasteiger partial charge in [0.15, 0.2) is 0 Å². The predicted molar refractivity (Wildman–Crippen MR) is 156 cm³/mol. The first-order chi connectivity index (χ1) is 20.9. The molecule has 3 heterocycles. The maximum atomic E-state index is 13.4. The Kier molecular flexibility index (Phi) is 8.97. The zero-order valence-electron chi connectivity index (χ0n) is 23.6. The molecule has 1 saturated heterocycles. The second kappa shape index (κ2) is 12.7. The molecule has 1 amide bonds. The summed E-state index contributed by atoms with van der Waals surface area (Å²) in [5, 5.41) is 6.10. The van der Waals surface area contributed by atoms with Gasteiger partial charge in [-0.25, -0.2) is 17.8 Å². The number of hydrogen-bond donors (Lipinski definition) is 2. The van der Waals surface area contributed by atoms with Crippen molar-refractivity contribution in [3.8, 4) is 11.3 Å². The number of anilines is 1. The molecule has 1 unspecified atom stereocenters. The predicted octanol–water partition coefficient (Wildman–Crippen LogP) is 5.94. The van der Waals surface area contributed by atoms with E-state index in [4.69, 9.17) is 0 Å². The first-order valence-corrected chi connectivity index (χ1v) is 15.3. The lowest BCUT2D eigenvalue weighted by Crippen LogP contribution is -2.45. The minimum absolute atomic E-state index is 0.00818. The maximum absolute atomic E-state index is 13.4. The van der Waals surface area contributed by atoms with Crippen LogP contribution in [0.3, 0.4) is 0 Å². The molecule has 0 spiro atoms. The van der Waals surface area contributed by atoms with Crippen LogP contribution >= 0.6 is 0 Å². The lowest BCUT2D eigenvalue weighted by Gasteiger charge is -2.23. The summed E-state index contributed by atoms with van der Waals surface area (Å²) in [5.74, 6) is -0.644. The molecule has 1 fully saturated rings. The number of alkyl halides is 3. The van der Waals surface area contributed by atoms with Crippen LogP contribution in [0.25, 0.3) is 11.3 Å². The van der Waals surface area contributed by atoms with Crippen LogP contribution in [0.15, 0.2) is 90.1 Å². The average Bonchev–Trinajstić information content (AvgIpc) is 3.52. The molecule has 5 rings (SSSR count). The Bertz CT molecular complexity index is 1720. The van der Waals surface area contributed by atoms with E-state index in [2.05, 4.69) is 20.6 Å². The third-order valence-electron chi connectivity index (χ3n) is 7.36. The van der Waals surface area contributed by atoms with Gasteiger partial charge in [0.25, 0.3) is 0 Å². The number of nitrogens with one attached hydrogen (secondary N) is 2. The summed E-state index contributed by atoms with van der Waals surface area (Å²) in [6.45, 7) is 2.07. The molecule has 0 saturated carbocycles. The molecule has 0 radical (unpaired) electrons. The number of aromatic nitrogens is 2. The number of sulfonamides is 1. The molecule has 0 aliphatic carbocycles. The molecule has 230 valence electrons. The summed E-state index contributed by atoms with van der Waals surface area (Å²) in [4.78, 5) is 21.8. The standard InChI is InChI=1S/C31H29F4N5O3S/c1-20(22-12-14-36-15-13-22)38-29-18-21(17-27(39-29)23-4-6-24(7-5-23)31(33,34)35)19-37-30(41)28-3-2-16-40(28)44(42,43)26-10-8-25(32)9-11-26/h4-15,17-18,20,28H,2-3,16,19H2,1H3,(H,37,41)(H,38,39)/t20?,28-/m0/s1. The third-order valence-corrected chi connectivity index (χ3v) is 9.28. The van der Waals surface area contributed by atoms with Crippen molar-refractivity contribution < 1.29 is 30.8 Å². The normalized spacial score (nSPS) is 16.4. The van der Waals surface area contributed by atoms with Crippen molar-refractivity contribution >= 4 is 21.7 Å². The molecule has 1 aliphatic heterocycles. The Morgan fingerprint density at radius 1 is 1.02 bits per heavy atom. The summed E-state index contributed by atoms with van der Waals surface area (Å²) in [5.41, 5.74) is 1.57.